The fourth-order valence-electron chi connectivity index (χ4n) is 10.5. The van der Waals surface area contributed by atoms with Crippen molar-refractivity contribution in [1.29, 1.82) is 0 Å². The first-order valence-corrected chi connectivity index (χ1v) is 20.1. The van der Waals surface area contributed by atoms with Gasteiger partial charge in [-0.3, -0.25) is 0 Å². The van der Waals surface area contributed by atoms with Crippen molar-refractivity contribution in [2.24, 2.45) is 29.6 Å². The summed E-state index contributed by atoms with van der Waals surface area (Å²) < 4.78 is 46.7. The van der Waals surface area contributed by atoms with Crippen LogP contribution in [-0.2, 0) is 38.0 Å². The Morgan fingerprint density at radius 1 is 0.840 bits per heavy atom. The molecule has 8 aliphatic rings. The predicted octanol–water partition coefficient (Wildman–Crippen LogP) is 7.68. The number of hydrogen-bond acceptors (Lipinski definition) is 8. The second kappa shape index (κ2) is 15.2. The molecule has 18 atom stereocenters. The van der Waals surface area contributed by atoms with E-state index in [9.17, 15) is 4.79 Å². The molecule has 0 aromatic carbocycles. The molecule has 0 N–H and O–H groups in total. The summed E-state index contributed by atoms with van der Waals surface area (Å²) in [5.41, 5.74) is 2.34. The smallest absolute Gasteiger partial charge is 0.172 e. The Balaban J connectivity index is 0.913. The minimum atomic E-state index is -0.643. The highest BCUT2D eigenvalue weighted by atomic mass is 16.8. The molecule has 8 rings (SSSR count). The van der Waals surface area contributed by atoms with E-state index in [4.69, 9.17) is 33.2 Å². The van der Waals surface area contributed by atoms with Crippen LogP contribution in [0, 0.1) is 29.6 Å². The van der Waals surface area contributed by atoms with Gasteiger partial charge in [0.1, 0.15) is 24.6 Å². The molecule has 8 heteroatoms. The van der Waals surface area contributed by atoms with E-state index in [1.807, 2.05) is 6.08 Å². The number of rotatable bonds is 15. The minimum Gasteiger partial charge on any atom is -0.374 e. The van der Waals surface area contributed by atoms with E-state index in [0.717, 1.165) is 82.5 Å². The second-order valence-electron chi connectivity index (χ2n) is 17.2. The van der Waals surface area contributed by atoms with Gasteiger partial charge in [0.25, 0.3) is 0 Å². The SMILES string of the molecule is C=CC[C@@H]1O[C@@H]2C3O[C@@H]4C[C@](CC[C@H]5CC(=C)[C@H](CCC6C[C@@H](C)C(=C)[C@@H](C[C@@H]7O[C@H](C[C@H](C)CC)[C@H](C)[C@H]7CC=O)O6)O5)(O[C@H]3C1C)O[C@H]24. The Hall–Kier alpha value is -1.39. The first kappa shape index (κ1) is 36.9. The maximum Gasteiger partial charge on any atom is 0.172 e. The molecule has 50 heavy (non-hydrogen) atoms. The predicted molar refractivity (Wildman–Crippen MR) is 192 cm³/mol. The molecular weight excluding hydrogens is 632 g/mol. The molecule has 0 saturated carbocycles. The van der Waals surface area contributed by atoms with E-state index in [1.165, 1.54) is 5.57 Å². The molecule has 8 heterocycles. The second-order valence-corrected chi connectivity index (χ2v) is 17.2. The zero-order valence-corrected chi connectivity index (χ0v) is 31.3. The van der Waals surface area contributed by atoms with Crippen molar-refractivity contribution in [1.82, 2.24) is 0 Å². The number of carbonyl (C=O) groups is 1. The van der Waals surface area contributed by atoms with Crippen molar-refractivity contribution in [2.75, 3.05) is 0 Å². The van der Waals surface area contributed by atoms with Crippen molar-refractivity contribution >= 4 is 6.29 Å². The molecule has 0 aliphatic carbocycles. The van der Waals surface area contributed by atoms with Gasteiger partial charge in [-0.2, -0.15) is 0 Å². The van der Waals surface area contributed by atoms with E-state index in [1.54, 1.807) is 0 Å². The summed E-state index contributed by atoms with van der Waals surface area (Å²) in [4.78, 5) is 11.7. The molecule has 8 fully saturated rings. The number of ether oxygens (including phenoxy) is 7. The standard InChI is InChI=1S/C42H64O8/c1-9-11-33-28(8)38-40-41(47-33)39-37(48-40)22-42(49-38,50-39)16-14-30-20-25(5)32(44-30)13-12-29-19-24(4)26(6)35(45-29)21-36-31(15-17-43)27(7)34(46-36)18-23(3)10-2/h9,17,23-24,27-41H,1,5-6,10-16,18-22H2,2-4,7-8H3/t23-,24-,27-,28?,29?,30+,31-,32+,33+,34-,35-,36+,37-,38+,39+,40?,41+,42-/m1/s1. The van der Waals surface area contributed by atoms with Gasteiger partial charge in [0.15, 0.2) is 5.79 Å². The van der Waals surface area contributed by atoms with E-state index < -0.39 is 5.79 Å². The Bertz CT molecular complexity index is 1250. The molecule has 280 valence electrons. The van der Waals surface area contributed by atoms with Crippen molar-refractivity contribution in [3.05, 3.63) is 37.0 Å². The number of aldehydes is 1. The summed E-state index contributed by atoms with van der Waals surface area (Å²) in [7, 11) is 0. The van der Waals surface area contributed by atoms with Gasteiger partial charge in [0.2, 0.25) is 0 Å². The van der Waals surface area contributed by atoms with Crippen LogP contribution in [0.25, 0.3) is 0 Å². The molecule has 8 saturated heterocycles. The highest BCUT2D eigenvalue weighted by Crippen LogP contribution is 2.54. The van der Waals surface area contributed by atoms with Crippen molar-refractivity contribution in [3.8, 4) is 0 Å². The average molecular weight is 697 g/mol. The average Bonchev–Trinajstić information content (AvgIpc) is 3.75. The maximum atomic E-state index is 11.7. The Morgan fingerprint density at radius 2 is 1.60 bits per heavy atom. The first-order chi connectivity index (χ1) is 24.0. The van der Waals surface area contributed by atoms with Crippen LogP contribution in [0.5, 0.6) is 0 Å². The normalized spacial score (nSPS) is 48.7. The van der Waals surface area contributed by atoms with Crippen LogP contribution in [0.4, 0.5) is 0 Å². The van der Waals surface area contributed by atoms with Gasteiger partial charge in [-0.05, 0) is 79.8 Å². The van der Waals surface area contributed by atoms with Crippen molar-refractivity contribution < 1.29 is 38.0 Å². The highest BCUT2D eigenvalue weighted by Gasteiger charge is 2.67. The topological polar surface area (TPSA) is 81.7 Å². The summed E-state index contributed by atoms with van der Waals surface area (Å²) in [5, 5.41) is 0. The van der Waals surface area contributed by atoms with Gasteiger partial charge in [-0.25, -0.2) is 0 Å². The van der Waals surface area contributed by atoms with Crippen molar-refractivity contribution in [3.63, 3.8) is 0 Å². The van der Waals surface area contributed by atoms with Gasteiger partial charge in [0, 0.05) is 31.6 Å². The number of carbonyl (C=O) groups excluding carboxylic acids is 1. The van der Waals surface area contributed by atoms with E-state index >= 15 is 0 Å². The van der Waals surface area contributed by atoms with Crippen molar-refractivity contribution in [2.45, 2.75) is 191 Å². The van der Waals surface area contributed by atoms with Gasteiger partial charge >= 0.3 is 0 Å². The van der Waals surface area contributed by atoms with Crippen LogP contribution in [0.3, 0.4) is 0 Å². The molecule has 0 amide bonds. The number of hydrogen-bond donors (Lipinski definition) is 0. The summed E-state index contributed by atoms with van der Waals surface area (Å²) in [6.07, 6.45) is 13.7. The van der Waals surface area contributed by atoms with Gasteiger partial charge in [0.05, 0.1) is 54.9 Å². The molecule has 8 nitrogen and oxygen atoms in total. The van der Waals surface area contributed by atoms with Crippen LogP contribution in [0.15, 0.2) is 37.0 Å². The summed E-state index contributed by atoms with van der Waals surface area (Å²) in [6, 6.07) is 0. The summed E-state index contributed by atoms with van der Waals surface area (Å²) in [5.74, 6) is 1.15. The molecule has 0 radical (unpaired) electrons. The van der Waals surface area contributed by atoms with E-state index in [2.05, 4.69) is 54.4 Å². The zero-order valence-electron chi connectivity index (χ0n) is 31.3. The quantitative estimate of drug-likeness (QED) is 0.128. The van der Waals surface area contributed by atoms with E-state index in [0.29, 0.717) is 24.2 Å². The summed E-state index contributed by atoms with van der Waals surface area (Å²) in [6.45, 7) is 24.2. The molecule has 0 aromatic heterocycles. The minimum absolute atomic E-state index is 0.0212. The van der Waals surface area contributed by atoms with Crippen LogP contribution >= 0.6 is 0 Å². The fraction of sp³-hybridized carbons (Fsp3) is 0.833. The highest BCUT2D eigenvalue weighted by molar-refractivity contribution is 5.50. The molecular formula is C42H64O8. The Labute approximate surface area is 301 Å². The summed E-state index contributed by atoms with van der Waals surface area (Å²) >= 11 is 0. The zero-order chi connectivity index (χ0) is 35.3. The van der Waals surface area contributed by atoms with Crippen LogP contribution in [0.2, 0.25) is 0 Å². The lowest BCUT2D eigenvalue weighted by atomic mass is 9.80. The third kappa shape index (κ3) is 7.13. The third-order valence-electron chi connectivity index (χ3n) is 13.9. The lowest BCUT2D eigenvalue weighted by Gasteiger charge is -2.42. The lowest BCUT2D eigenvalue weighted by molar-refractivity contribution is -0.262. The van der Waals surface area contributed by atoms with Gasteiger partial charge < -0.3 is 38.0 Å². The first-order valence-electron chi connectivity index (χ1n) is 20.1. The monoisotopic (exact) mass is 696 g/mol. The molecule has 0 aromatic rings. The third-order valence-corrected chi connectivity index (χ3v) is 13.9. The Kier molecular flexibility index (Phi) is 11.2. The van der Waals surface area contributed by atoms with Crippen LogP contribution in [-0.4, -0.2) is 85.3 Å². The van der Waals surface area contributed by atoms with Gasteiger partial charge in [-0.15, -0.1) is 6.58 Å². The fourth-order valence-corrected chi connectivity index (χ4v) is 10.5. The van der Waals surface area contributed by atoms with E-state index in [-0.39, 0.29) is 85.1 Å². The van der Waals surface area contributed by atoms with Crippen LogP contribution < -0.4 is 0 Å². The molecule has 8 aliphatic heterocycles. The molecule has 0 spiro atoms. The van der Waals surface area contributed by atoms with Gasteiger partial charge in [-0.1, -0.05) is 60.3 Å². The largest absolute Gasteiger partial charge is 0.374 e. The Morgan fingerprint density at radius 3 is 2.36 bits per heavy atom. The lowest BCUT2D eigenvalue weighted by Crippen LogP contribution is -2.54. The molecule has 3 unspecified atom stereocenters. The molecule has 6 bridgehead atoms. The van der Waals surface area contributed by atoms with Crippen LogP contribution in [0.1, 0.15) is 112 Å². The maximum absolute atomic E-state index is 11.7.